The zero-order chi connectivity index (χ0) is 18.2. The molecule has 28 heavy (non-hydrogen) atoms. The SMILES string of the molecule is c1cc2cc3c(ccc4c3ccc3c5cc6ccsc6cc5ccc34)cc2s1. The minimum atomic E-state index is 1.32. The fraction of sp³-hybridized carbons (Fsp3) is 0. The van der Waals surface area contributed by atoms with Gasteiger partial charge in [-0.25, -0.2) is 0 Å². The number of thiophene rings is 2. The van der Waals surface area contributed by atoms with E-state index in [9.17, 15) is 0 Å². The lowest BCUT2D eigenvalue weighted by Gasteiger charge is -2.10. The maximum atomic E-state index is 2.35. The minimum Gasteiger partial charge on any atom is -0.144 e. The number of hydrogen-bond acceptors (Lipinski definition) is 2. The van der Waals surface area contributed by atoms with Crippen LogP contribution in [0, 0.1) is 0 Å². The Kier molecular flexibility index (Phi) is 2.85. The third-order valence-corrected chi connectivity index (χ3v) is 7.74. The maximum Gasteiger partial charge on any atom is 0.0349 e. The highest BCUT2D eigenvalue weighted by Gasteiger charge is 2.09. The van der Waals surface area contributed by atoms with Crippen LogP contribution in [0.1, 0.15) is 0 Å². The van der Waals surface area contributed by atoms with Gasteiger partial charge in [-0.05, 0) is 101 Å². The van der Waals surface area contributed by atoms with Crippen molar-refractivity contribution in [1.82, 2.24) is 0 Å². The molecule has 0 aliphatic heterocycles. The Morgan fingerprint density at radius 2 is 0.786 bits per heavy atom. The zero-order valence-electron chi connectivity index (χ0n) is 14.9. The number of fused-ring (bicyclic) bond motifs is 9. The van der Waals surface area contributed by atoms with E-state index in [1.807, 2.05) is 22.7 Å². The molecule has 0 fully saturated rings. The first kappa shape index (κ1) is 15.0. The topological polar surface area (TPSA) is 0 Å². The van der Waals surface area contributed by atoms with E-state index in [1.54, 1.807) is 0 Å². The molecule has 5 aromatic carbocycles. The molecular weight excluding hydrogens is 376 g/mol. The van der Waals surface area contributed by atoms with Gasteiger partial charge in [0.2, 0.25) is 0 Å². The molecule has 0 N–H and O–H groups in total. The fourth-order valence-electron chi connectivity index (χ4n) is 4.60. The summed E-state index contributed by atoms with van der Waals surface area (Å²) >= 11 is 3.63. The molecule has 0 bridgehead atoms. The predicted octanol–water partition coefficient (Wildman–Crippen LogP) is 8.73. The highest BCUT2D eigenvalue weighted by atomic mass is 32.1. The van der Waals surface area contributed by atoms with Crippen LogP contribution in [0.5, 0.6) is 0 Å². The van der Waals surface area contributed by atoms with Gasteiger partial charge >= 0.3 is 0 Å². The summed E-state index contributed by atoms with van der Waals surface area (Å²) in [6, 6.07) is 27.6. The van der Waals surface area contributed by atoms with Crippen LogP contribution >= 0.6 is 22.7 Å². The molecule has 0 atom stereocenters. The van der Waals surface area contributed by atoms with E-state index < -0.39 is 0 Å². The van der Waals surface area contributed by atoms with Gasteiger partial charge in [-0.15, -0.1) is 22.7 Å². The first-order valence-corrected chi connectivity index (χ1v) is 11.2. The molecule has 7 rings (SSSR count). The van der Waals surface area contributed by atoms with Crippen LogP contribution in [0.2, 0.25) is 0 Å². The van der Waals surface area contributed by atoms with Crippen LogP contribution in [0.15, 0.2) is 83.6 Å². The first-order valence-electron chi connectivity index (χ1n) is 9.42. The molecule has 0 aliphatic rings. The highest BCUT2D eigenvalue weighted by molar-refractivity contribution is 7.17. The Hall–Kier alpha value is -2.94. The van der Waals surface area contributed by atoms with Gasteiger partial charge in [-0.2, -0.15) is 0 Å². The van der Waals surface area contributed by atoms with Gasteiger partial charge in [0, 0.05) is 9.40 Å². The molecule has 0 unspecified atom stereocenters. The second kappa shape index (κ2) is 5.32. The van der Waals surface area contributed by atoms with Crippen molar-refractivity contribution in [2.45, 2.75) is 0 Å². The Bertz CT molecular complexity index is 1580. The lowest BCUT2D eigenvalue weighted by molar-refractivity contribution is 1.85. The van der Waals surface area contributed by atoms with E-state index in [2.05, 4.69) is 83.6 Å². The number of benzene rings is 5. The quantitative estimate of drug-likeness (QED) is 0.227. The smallest absolute Gasteiger partial charge is 0.0349 e. The van der Waals surface area contributed by atoms with Gasteiger partial charge in [0.25, 0.3) is 0 Å². The molecule has 0 amide bonds. The normalized spacial score (nSPS) is 12.3. The second-order valence-corrected chi connectivity index (χ2v) is 9.35. The van der Waals surface area contributed by atoms with E-state index in [0.29, 0.717) is 0 Å². The summed E-state index contributed by atoms with van der Waals surface area (Å²) in [7, 11) is 0. The molecule has 7 aromatic rings. The summed E-state index contributed by atoms with van der Waals surface area (Å²) in [5.74, 6) is 0. The second-order valence-electron chi connectivity index (χ2n) is 7.45. The fourth-order valence-corrected chi connectivity index (χ4v) is 6.24. The average Bonchev–Trinajstić information content (AvgIpc) is 3.38. The summed E-state index contributed by atoms with van der Waals surface area (Å²) in [5, 5.41) is 17.7. The Labute approximate surface area is 169 Å². The molecule has 130 valence electrons. The predicted molar refractivity (Wildman–Crippen MR) is 127 cm³/mol. The summed E-state index contributed by atoms with van der Waals surface area (Å²) < 4.78 is 2.72. The molecule has 0 nitrogen and oxygen atoms in total. The molecule has 2 heteroatoms. The molecule has 0 spiro atoms. The Morgan fingerprint density at radius 1 is 0.357 bits per heavy atom. The van der Waals surface area contributed by atoms with Gasteiger partial charge in [0.05, 0.1) is 0 Å². The molecule has 0 radical (unpaired) electrons. The van der Waals surface area contributed by atoms with E-state index in [4.69, 9.17) is 0 Å². The lowest BCUT2D eigenvalue weighted by atomic mass is 9.93. The monoisotopic (exact) mass is 390 g/mol. The Morgan fingerprint density at radius 3 is 1.29 bits per heavy atom. The summed E-state index contributed by atoms with van der Waals surface area (Å²) in [6.45, 7) is 0. The molecule has 0 aliphatic carbocycles. The van der Waals surface area contributed by atoms with Crippen LogP contribution in [0.25, 0.3) is 63.3 Å². The van der Waals surface area contributed by atoms with Crippen LogP contribution in [0.4, 0.5) is 0 Å². The summed E-state index contributed by atoms with van der Waals surface area (Å²) in [5.41, 5.74) is 0. The van der Waals surface area contributed by atoms with Gasteiger partial charge in [-0.1, -0.05) is 36.4 Å². The van der Waals surface area contributed by atoms with Gasteiger partial charge in [0.15, 0.2) is 0 Å². The molecule has 0 saturated heterocycles. The van der Waals surface area contributed by atoms with Gasteiger partial charge < -0.3 is 0 Å². The zero-order valence-corrected chi connectivity index (χ0v) is 16.5. The molecule has 0 saturated carbocycles. The van der Waals surface area contributed by atoms with Crippen molar-refractivity contribution in [1.29, 1.82) is 0 Å². The van der Waals surface area contributed by atoms with Crippen molar-refractivity contribution in [3.8, 4) is 0 Å². The van der Waals surface area contributed by atoms with Crippen molar-refractivity contribution < 1.29 is 0 Å². The molecule has 2 aromatic heterocycles. The summed E-state index contributed by atoms with van der Waals surface area (Å²) in [6.07, 6.45) is 0. The first-order chi connectivity index (χ1) is 13.8. The largest absolute Gasteiger partial charge is 0.144 e. The van der Waals surface area contributed by atoms with E-state index in [0.717, 1.165) is 0 Å². The van der Waals surface area contributed by atoms with Crippen molar-refractivity contribution in [3.63, 3.8) is 0 Å². The standard InChI is InChI=1S/C26H14S2/c1-3-19-20-4-2-16-14-26-18(8-10-28-26)12-24(16)22(20)6-5-21(19)23-11-17-7-9-27-25(17)13-15(1)23/h1-14H. The van der Waals surface area contributed by atoms with Gasteiger partial charge in [0.1, 0.15) is 0 Å². The van der Waals surface area contributed by atoms with Gasteiger partial charge in [-0.3, -0.25) is 0 Å². The number of rotatable bonds is 0. The van der Waals surface area contributed by atoms with Crippen molar-refractivity contribution in [3.05, 3.63) is 83.6 Å². The van der Waals surface area contributed by atoms with Crippen LogP contribution in [-0.4, -0.2) is 0 Å². The Balaban J connectivity index is 1.66. The van der Waals surface area contributed by atoms with E-state index in [-0.39, 0.29) is 0 Å². The van der Waals surface area contributed by atoms with Crippen molar-refractivity contribution >= 4 is 85.9 Å². The van der Waals surface area contributed by atoms with E-state index >= 15 is 0 Å². The third kappa shape index (κ3) is 1.94. The van der Waals surface area contributed by atoms with Crippen LogP contribution in [-0.2, 0) is 0 Å². The highest BCUT2D eigenvalue weighted by Crippen LogP contribution is 2.38. The molecular formula is C26H14S2. The summed E-state index contributed by atoms with van der Waals surface area (Å²) in [4.78, 5) is 0. The minimum absolute atomic E-state index is 1.32. The maximum absolute atomic E-state index is 2.35. The van der Waals surface area contributed by atoms with Crippen LogP contribution in [0.3, 0.4) is 0 Å². The van der Waals surface area contributed by atoms with Crippen molar-refractivity contribution in [2.75, 3.05) is 0 Å². The molecule has 2 heterocycles. The van der Waals surface area contributed by atoms with Crippen LogP contribution < -0.4 is 0 Å². The van der Waals surface area contributed by atoms with Crippen molar-refractivity contribution in [2.24, 2.45) is 0 Å². The number of hydrogen-bond donors (Lipinski definition) is 0. The average molecular weight is 391 g/mol. The lowest BCUT2D eigenvalue weighted by Crippen LogP contribution is -1.83. The van der Waals surface area contributed by atoms with E-state index in [1.165, 1.54) is 63.3 Å². The third-order valence-electron chi connectivity index (χ3n) is 5.98.